The second-order valence-electron chi connectivity index (χ2n) is 8.17. The number of amides is 1. The van der Waals surface area contributed by atoms with Crippen molar-refractivity contribution in [2.45, 2.75) is 44.0 Å². The SMILES string of the molecule is O=C(OC(C(F)(F)F)C(F)(F)F)N1CCC2(CC1)CN(Cc1ccc(C(F)(F)F)cc1)C2. The summed E-state index contributed by atoms with van der Waals surface area (Å²) in [5.74, 6) is 0. The monoisotopic (exact) mass is 478 g/mol. The van der Waals surface area contributed by atoms with Gasteiger partial charge in [0, 0.05) is 32.7 Å². The molecule has 0 aliphatic carbocycles. The molecule has 0 radical (unpaired) electrons. The number of carbonyl (C=O) groups is 1. The van der Waals surface area contributed by atoms with Gasteiger partial charge in [-0.25, -0.2) is 4.79 Å². The van der Waals surface area contributed by atoms with E-state index in [1.54, 1.807) is 0 Å². The maximum Gasteiger partial charge on any atom is 0.434 e. The molecule has 2 aliphatic heterocycles. The number of nitrogens with zero attached hydrogens (tertiary/aromatic N) is 2. The molecule has 2 heterocycles. The molecule has 3 rings (SSSR count). The molecule has 1 amide bonds. The zero-order valence-electron chi connectivity index (χ0n) is 16.4. The third-order valence-corrected chi connectivity index (χ3v) is 5.70. The number of benzene rings is 1. The molecule has 0 unspecified atom stereocenters. The summed E-state index contributed by atoms with van der Waals surface area (Å²) in [4.78, 5) is 14.6. The lowest BCUT2D eigenvalue weighted by atomic mass is 9.72. The Labute approximate surface area is 176 Å². The van der Waals surface area contributed by atoms with Gasteiger partial charge in [-0.05, 0) is 36.0 Å². The third-order valence-electron chi connectivity index (χ3n) is 5.70. The first-order chi connectivity index (χ1) is 14.6. The van der Waals surface area contributed by atoms with Crippen molar-refractivity contribution in [1.29, 1.82) is 0 Å². The minimum Gasteiger partial charge on any atom is -0.426 e. The zero-order chi connectivity index (χ0) is 23.9. The predicted octanol–water partition coefficient (Wildman–Crippen LogP) is 5.23. The van der Waals surface area contributed by atoms with Gasteiger partial charge in [0.1, 0.15) is 0 Å². The van der Waals surface area contributed by atoms with E-state index in [0.29, 0.717) is 38.0 Å². The van der Waals surface area contributed by atoms with E-state index < -0.39 is 36.3 Å². The average molecular weight is 478 g/mol. The Morgan fingerprint density at radius 2 is 1.41 bits per heavy atom. The fourth-order valence-electron chi connectivity index (χ4n) is 4.05. The molecule has 2 aliphatic rings. The second kappa shape index (κ2) is 8.31. The van der Waals surface area contributed by atoms with Gasteiger partial charge in [0.25, 0.3) is 6.10 Å². The molecule has 1 aromatic rings. The number of ether oxygens (including phenoxy) is 1. The van der Waals surface area contributed by atoms with Crippen molar-refractivity contribution in [3.63, 3.8) is 0 Å². The van der Waals surface area contributed by atoms with Crippen LogP contribution < -0.4 is 0 Å². The second-order valence-corrected chi connectivity index (χ2v) is 8.17. The van der Waals surface area contributed by atoms with Crippen molar-refractivity contribution >= 4 is 6.09 Å². The van der Waals surface area contributed by atoms with Gasteiger partial charge in [0.05, 0.1) is 5.56 Å². The number of likely N-dealkylation sites (tertiary alicyclic amines) is 2. The van der Waals surface area contributed by atoms with Crippen LogP contribution >= 0.6 is 0 Å². The first-order valence-electron chi connectivity index (χ1n) is 9.57. The standard InChI is InChI=1S/C19H19F9N2O2/c20-17(21,22)13-3-1-12(2-4-13)9-29-10-16(11-29)5-7-30(8-6-16)15(31)32-14(18(23,24)25)19(26,27)28/h1-4,14H,5-11H2. The maximum absolute atomic E-state index is 12.6. The molecule has 4 nitrogen and oxygen atoms in total. The minimum absolute atomic E-state index is 0.0462. The molecule has 0 bridgehead atoms. The largest absolute Gasteiger partial charge is 0.434 e. The number of halogens is 9. The van der Waals surface area contributed by atoms with Gasteiger partial charge in [-0.2, -0.15) is 39.5 Å². The Kier molecular flexibility index (Phi) is 6.35. The highest BCUT2D eigenvalue weighted by Gasteiger charge is 2.60. The van der Waals surface area contributed by atoms with Crippen LogP contribution in [0.4, 0.5) is 44.3 Å². The predicted molar refractivity (Wildman–Crippen MR) is 92.3 cm³/mol. The molecule has 2 saturated heterocycles. The van der Waals surface area contributed by atoms with Crippen LogP contribution in [-0.4, -0.2) is 60.5 Å². The van der Waals surface area contributed by atoms with Gasteiger partial charge in [0.2, 0.25) is 0 Å². The van der Waals surface area contributed by atoms with E-state index in [1.165, 1.54) is 12.1 Å². The number of carbonyl (C=O) groups excluding carboxylic acids is 1. The number of hydrogen-bond donors (Lipinski definition) is 0. The summed E-state index contributed by atoms with van der Waals surface area (Å²) in [5.41, 5.74) is -0.311. The lowest BCUT2D eigenvalue weighted by Gasteiger charge is -2.54. The van der Waals surface area contributed by atoms with Crippen molar-refractivity contribution in [3.05, 3.63) is 35.4 Å². The Hall–Kier alpha value is -2.18. The number of alkyl halides is 9. The van der Waals surface area contributed by atoms with Crippen molar-refractivity contribution < 1.29 is 49.0 Å². The summed E-state index contributed by atoms with van der Waals surface area (Å²) >= 11 is 0. The normalized spacial score (nSPS) is 19.9. The third kappa shape index (κ3) is 5.59. The zero-order valence-corrected chi connectivity index (χ0v) is 16.4. The lowest BCUT2D eigenvalue weighted by Crippen LogP contribution is -2.60. The first kappa shape index (κ1) is 24.5. The van der Waals surface area contributed by atoms with Crippen LogP contribution in [0.1, 0.15) is 24.0 Å². The van der Waals surface area contributed by atoms with E-state index in [4.69, 9.17) is 0 Å². The molecular formula is C19H19F9N2O2. The molecule has 0 aromatic heterocycles. The molecule has 0 N–H and O–H groups in total. The van der Waals surface area contributed by atoms with E-state index in [2.05, 4.69) is 4.74 Å². The van der Waals surface area contributed by atoms with Gasteiger partial charge in [-0.1, -0.05) is 12.1 Å². The highest BCUT2D eigenvalue weighted by atomic mass is 19.4. The Bertz CT molecular complexity index is 788. The van der Waals surface area contributed by atoms with E-state index in [-0.39, 0.29) is 18.5 Å². The van der Waals surface area contributed by atoms with Crippen molar-refractivity contribution in [1.82, 2.24) is 9.80 Å². The molecule has 1 spiro atoms. The molecule has 32 heavy (non-hydrogen) atoms. The summed E-state index contributed by atoms with van der Waals surface area (Å²) < 4.78 is 117. The van der Waals surface area contributed by atoms with Crippen LogP contribution in [0, 0.1) is 5.41 Å². The first-order valence-corrected chi connectivity index (χ1v) is 9.57. The van der Waals surface area contributed by atoms with Gasteiger partial charge < -0.3 is 9.64 Å². The van der Waals surface area contributed by atoms with Gasteiger partial charge in [0.15, 0.2) is 0 Å². The maximum atomic E-state index is 12.6. The molecule has 0 atom stereocenters. The van der Waals surface area contributed by atoms with Gasteiger partial charge in [-0.15, -0.1) is 0 Å². The Morgan fingerprint density at radius 3 is 1.84 bits per heavy atom. The summed E-state index contributed by atoms with van der Waals surface area (Å²) in [5, 5.41) is 0. The summed E-state index contributed by atoms with van der Waals surface area (Å²) in [6.07, 6.45) is -21.1. The van der Waals surface area contributed by atoms with Gasteiger partial charge >= 0.3 is 24.6 Å². The van der Waals surface area contributed by atoms with E-state index in [0.717, 1.165) is 17.0 Å². The topological polar surface area (TPSA) is 32.8 Å². The van der Waals surface area contributed by atoms with E-state index >= 15 is 0 Å². The van der Waals surface area contributed by atoms with Gasteiger partial charge in [-0.3, -0.25) is 4.90 Å². The van der Waals surface area contributed by atoms with Crippen molar-refractivity contribution in [2.75, 3.05) is 26.2 Å². The fraction of sp³-hybridized carbons (Fsp3) is 0.632. The highest BCUT2D eigenvalue weighted by molar-refractivity contribution is 5.68. The van der Waals surface area contributed by atoms with Crippen LogP contribution in [0.25, 0.3) is 0 Å². The summed E-state index contributed by atoms with van der Waals surface area (Å²) in [7, 11) is 0. The highest BCUT2D eigenvalue weighted by Crippen LogP contribution is 2.42. The number of hydrogen-bond acceptors (Lipinski definition) is 3. The van der Waals surface area contributed by atoms with Crippen LogP contribution in [0.2, 0.25) is 0 Å². The average Bonchev–Trinajstić information content (AvgIpc) is 2.63. The minimum atomic E-state index is -5.77. The molecule has 1 aromatic carbocycles. The van der Waals surface area contributed by atoms with Crippen LogP contribution in [0.5, 0.6) is 0 Å². The Morgan fingerprint density at radius 1 is 0.906 bits per heavy atom. The molecule has 0 saturated carbocycles. The molecular weight excluding hydrogens is 459 g/mol. The number of rotatable bonds is 3. The van der Waals surface area contributed by atoms with Crippen LogP contribution in [0.3, 0.4) is 0 Å². The molecule has 2 fully saturated rings. The van der Waals surface area contributed by atoms with Crippen LogP contribution in [0.15, 0.2) is 24.3 Å². The van der Waals surface area contributed by atoms with Crippen molar-refractivity contribution in [2.24, 2.45) is 5.41 Å². The lowest BCUT2D eigenvalue weighted by molar-refractivity contribution is -0.308. The summed E-state index contributed by atoms with van der Waals surface area (Å²) in [6.45, 7) is 1.44. The van der Waals surface area contributed by atoms with E-state index in [9.17, 15) is 44.3 Å². The molecule has 180 valence electrons. The number of piperidine rings is 1. The Balaban J connectivity index is 1.48. The fourth-order valence-corrected chi connectivity index (χ4v) is 4.05. The smallest absolute Gasteiger partial charge is 0.426 e. The molecule has 13 heteroatoms. The quantitative estimate of drug-likeness (QED) is 0.558. The van der Waals surface area contributed by atoms with Crippen molar-refractivity contribution in [3.8, 4) is 0 Å². The van der Waals surface area contributed by atoms with Crippen LogP contribution in [-0.2, 0) is 17.5 Å². The van der Waals surface area contributed by atoms with E-state index in [1.807, 2.05) is 4.90 Å². The summed E-state index contributed by atoms with van der Waals surface area (Å²) in [6, 6.07) is 4.74.